The van der Waals surface area contributed by atoms with Crippen LogP contribution in [0.1, 0.15) is 20.8 Å². The quantitative estimate of drug-likeness (QED) is 0.401. The maximum Gasteiger partial charge on any atom is 0.122 e. The van der Waals surface area contributed by atoms with E-state index in [1.807, 2.05) is 39.0 Å². The van der Waals surface area contributed by atoms with Crippen LogP contribution >= 0.6 is 0 Å². The van der Waals surface area contributed by atoms with Crippen molar-refractivity contribution in [1.82, 2.24) is 4.90 Å². The van der Waals surface area contributed by atoms with Crippen LogP contribution in [0.3, 0.4) is 0 Å². The van der Waals surface area contributed by atoms with Crippen molar-refractivity contribution in [3.63, 3.8) is 0 Å². The van der Waals surface area contributed by atoms with E-state index < -0.39 is 0 Å². The Hall–Kier alpha value is -1.58. The summed E-state index contributed by atoms with van der Waals surface area (Å²) < 4.78 is 11.2. The zero-order valence-corrected chi connectivity index (χ0v) is 14.4. The van der Waals surface area contributed by atoms with Crippen molar-refractivity contribution < 1.29 is 9.47 Å². The van der Waals surface area contributed by atoms with Gasteiger partial charge in [0.1, 0.15) is 12.4 Å². The minimum Gasteiger partial charge on any atom is -0.492 e. The molecule has 1 aliphatic rings. The molecule has 22 heavy (non-hydrogen) atoms. The summed E-state index contributed by atoms with van der Waals surface area (Å²) in [6.07, 6.45) is 7.39. The third-order valence-corrected chi connectivity index (χ3v) is 3.14. The van der Waals surface area contributed by atoms with E-state index in [0.29, 0.717) is 6.61 Å². The number of hydrogen-bond donors (Lipinski definition) is 0. The zero-order valence-electron chi connectivity index (χ0n) is 14.4. The summed E-state index contributed by atoms with van der Waals surface area (Å²) in [4.78, 5) is 2.36. The van der Waals surface area contributed by atoms with Gasteiger partial charge in [-0.1, -0.05) is 31.4 Å². The minimum absolute atomic E-state index is 0.682. The third-order valence-electron chi connectivity index (χ3n) is 3.14. The lowest BCUT2D eigenvalue weighted by Crippen LogP contribution is -2.38. The molecule has 0 aliphatic carbocycles. The number of hydrogen-bond acceptors (Lipinski definition) is 3. The molecular weight excluding hydrogens is 274 g/mol. The number of morpholine rings is 1. The van der Waals surface area contributed by atoms with Crippen molar-refractivity contribution in [3.8, 4) is 0 Å². The molecule has 0 aromatic rings. The third kappa shape index (κ3) is 9.37. The predicted molar refractivity (Wildman–Crippen MR) is 95.9 cm³/mol. The molecule has 0 N–H and O–H groups in total. The highest BCUT2D eigenvalue weighted by Crippen LogP contribution is 2.12. The first-order chi connectivity index (χ1) is 10.6. The fourth-order valence-electron chi connectivity index (χ4n) is 1.75. The van der Waals surface area contributed by atoms with Gasteiger partial charge in [0.2, 0.25) is 0 Å². The number of rotatable bonds is 7. The zero-order chi connectivity index (χ0) is 16.8. The predicted octanol–water partition coefficient (Wildman–Crippen LogP) is 4.12. The average Bonchev–Trinajstić information content (AvgIpc) is 2.54. The van der Waals surface area contributed by atoms with E-state index in [1.165, 1.54) is 0 Å². The van der Waals surface area contributed by atoms with Gasteiger partial charge in [0.25, 0.3) is 0 Å². The van der Waals surface area contributed by atoms with E-state index in [4.69, 9.17) is 9.47 Å². The molecule has 0 bridgehead atoms. The van der Waals surface area contributed by atoms with Gasteiger partial charge in [-0.3, -0.25) is 4.90 Å². The fourth-order valence-corrected chi connectivity index (χ4v) is 1.75. The molecule has 0 aromatic carbocycles. The Labute approximate surface area is 136 Å². The molecular formula is C19H31NO2. The van der Waals surface area contributed by atoms with Gasteiger partial charge >= 0.3 is 0 Å². The van der Waals surface area contributed by atoms with Crippen LogP contribution < -0.4 is 0 Å². The molecule has 1 heterocycles. The van der Waals surface area contributed by atoms with Gasteiger partial charge in [0, 0.05) is 19.6 Å². The first kappa shape index (κ1) is 20.4. The minimum atomic E-state index is 0.682. The molecule has 3 heteroatoms. The SMILES string of the molecule is C=C/C(C)=C/C(OCCN1CCOCC1)=C(/C)C=C.C=CC. The van der Waals surface area contributed by atoms with E-state index in [1.54, 1.807) is 6.08 Å². The molecule has 0 radical (unpaired) electrons. The highest BCUT2D eigenvalue weighted by Gasteiger charge is 2.10. The first-order valence-electron chi connectivity index (χ1n) is 7.73. The van der Waals surface area contributed by atoms with Crippen molar-refractivity contribution in [2.45, 2.75) is 20.8 Å². The van der Waals surface area contributed by atoms with E-state index in [2.05, 4.69) is 24.6 Å². The van der Waals surface area contributed by atoms with Gasteiger partial charge < -0.3 is 9.47 Å². The van der Waals surface area contributed by atoms with E-state index in [-0.39, 0.29) is 0 Å². The van der Waals surface area contributed by atoms with Crippen molar-refractivity contribution in [2.75, 3.05) is 39.5 Å². The molecule has 0 spiro atoms. The Balaban J connectivity index is 0.00000135. The molecule has 124 valence electrons. The van der Waals surface area contributed by atoms with Gasteiger partial charge in [-0.2, -0.15) is 0 Å². The summed E-state index contributed by atoms with van der Waals surface area (Å²) >= 11 is 0. The summed E-state index contributed by atoms with van der Waals surface area (Å²) in [5.74, 6) is 0.876. The van der Waals surface area contributed by atoms with Crippen LogP contribution in [0, 0.1) is 0 Å². The largest absolute Gasteiger partial charge is 0.492 e. The summed E-state index contributed by atoms with van der Waals surface area (Å²) in [5.41, 5.74) is 2.13. The van der Waals surface area contributed by atoms with Gasteiger partial charge in [-0.25, -0.2) is 0 Å². The van der Waals surface area contributed by atoms with Gasteiger partial charge in [0.15, 0.2) is 0 Å². The van der Waals surface area contributed by atoms with Crippen LogP contribution in [0.25, 0.3) is 0 Å². The Kier molecular flexibility index (Phi) is 12.2. The molecule has 0 unspecified atom stereocenters. The summed E-state index contributed by atoms with van der Waals surface area (Å²) in [6.45, 7) is 22.1. The van der Waals surface area contributed by atoms with Gasteiger partial charge in [-0.15, -0.1) is 6.58 Å². The van der Waals surface area contributed by atoms with Crippen molar-refractivity contribution in [3.05, 3.63) is 60.9 Å². The Morgan fingerprint density at radius 2 is 1.73 bits per heavy atom. The standard InChI is InChI=1S/C16H25NO2.C3H6/c1-5-14(3)13-16(15(4)6-2)19-12-9-17-7-10-18-11-8-17;1-3-2/h5-6,13H,1-2,7-12H2,3-4H3;3H,1H2,2H3/b14-13+,16-15+;. The summed E-state index contributed by atoms with van der Waals surface area (Å²) in [6, 6.07) is 0. The van der Waals surface area contributed by atoms with Crippen LogP contribution in [0.2, 0.25) is 0 Å². The molecule has 0 atom stereocenters. The van der Waals surface area contributed by atoms with Crippen LogP contribution in [0.15, 0.2) is 60.9 Å². The van der Waals surface area contributed by atoms with Crippen molar-refractivity contribution in [1.29, 1.82) is 0 Å². The molecule has 0 saturated carbocycles. The molecule has 0 amide bonds. The van der Waals surface area contributed by atoms with Crippen LogP contribution in [-0.2, 0) is 9.47 Å². The first-order valence-corrected chi connectivity index (χ1v) is 7.73. The Morgan fingerprint density at radius 1 is 1.14 bits per heavy atom. The van der Waals surface area contributed by atoms with Crippen LogP contribution in [0.4, 0.5) is 0 Å². The lowest BCUT2D eigenvalue weighted by Gasteiger charge is -2.26. The maximum absolute atomic E-state index is 5.87. The monoisotopic (exact) mass is 305 g/mol. The maximum atomic E-state index is 5.87. The molecule has 1 aliphatic heterocycles. The van der Waals surface area contributed by atoms with Crippen LogP contribution in [0.5, 0.6) is 0 Å². The van der Waals surface area contributed by atoms with Crippen molar-refractivity contribution in [2.24, 2.45) is 0 Å². The molecule has 1 saturated heterocycles. The van der Waals surface area contributed by atoms with E-state index >= 15 is 0 Å². The van der Waals surface area contributed by atoms with Gasteiger partial charge in [0.05, 0.1) is 13.2 Å². The lowest BCUT2D eigenvalue weighted by molar-refractivity contribution is 0.0280. The highest BCUT2D eigenvalue weighted by atomic mass is 16.5. The Morgan fingerprint density at radius 3 is 2.23 bits per heavy atom. The van der Waals surface area contributed by atoms with E-state index in [0.717, 1.165) is 49.8 Å². The van der Waals surface area contributed by atoms with Gasteiger partial charge in [-0.05, 0) is 38.0 Å². The molecule has 0 aromatic heterocycles. The number of ether oxygens (including phenoxy) is 2. The molecule has 1 fully saturated rings. The average molecular weight is 305 g/mol. The fraction of sp³-hybridized carbons (Fsp3) is 0.474. The second-order valence-corrected chi connectivity index (χ2v) is 5.05. The van der Waals surface area contributed by atoms with E-state index in [9.17, 15) is 0 Å². The summed E-state index contributed by atoms with van der Waals surface area (Å²) in [7, 11) is 0. The second kappa shape index (κ2) is 13.1. The van der Waals surface area contributed by atoms with Crippen molar-refractivity contribution >= 4 is 0 Å². The number of nitrogens with zero attached hydrogens (tertiary/aromatic N) is 1. The Bertz CT molecular complexity index is 402. The lowest BCUT2D eigenvalue weighted by atomic mass is 10.2. The molecule has 1 rings (SSSR count). The number of allylic oxidation sites excluding steroid dienone is 6. The van der Waals surface area contributed by atoms with Crippen LogP contribution in [-0.4, -0.2) is 44.4 Å². The summed E-state index contributed by atoms with van der Waals surface area (Å²) in [5, 5.41) is 0. The highest BCUT2D eigenvalue weighted by molar-refractivity contribution is 5.31. The second-order valence-electron chi connectivity index (χ2n) is 5.05. The normalized spacial score (nSPS) is 16.8. The molecule has 3 nitrogen and oxygen atoms in total. The topological polar surface area (TPSA) is 21.7 Å². The smallest absolute Gasteiger partial charge is 0.122 e.